The molecule has 5 heterocycles. The first-order chi connectivity index (χ1) is 20.2. The minimum absolute atomic E-state index is 0.308. The second-order valence-corrected chi connectivity index (χ2v) is 18.7. The Morgan fingerprint density at radius 1 is 0.756 bits per heavy atom. The van der Waals surface area contributed by atoms with Gasteiger partial charge in [0.05, 0.1) is 0 Å². The van der Waals surface area contributed by atoms with Gasteiger partial charge < -0.3 is 0 Å². The van der Waals surface area contributed by atoms with Crippen LogP contribution in [0.15, 0.2) is 41.3 Å². The van der Waals surface area contributed by atoms with Crippen LogP contribution in [0, 0.1) is 0 Å². The average molecular weight is 735 g/mol. The average Bonchev–Trinajstić information content (AvgIpc) is 3.79. The van der Waals surface area contributed by atoms with Gasteiger partial charge in [-0.15, -0.1) is 0 Å². The summed E-state index contributed by atoms with van der Waals surface area (Å²) >= 11 is 6.43. The molecule has 0 saturated heterocycles. The molecule has 0 bridgehead atoms. The number of rotatable bonds is 18. The van der Waals surface area contributed by atoms with Gasteiger partial charge in [-0.05, 0) is 0 Å². The Balaban J connectivity index is 1.12. The molecule has 0 unspecified atom stereocenters. The minimum atomic E-state index is 0.308. The number of carbonyl (C=O) groups excluding carboxylic acids is 1. The number of hydrogen-bond acceptors (Lipinski definition) is 5. The van der Waals surface area contributed by atoms with Gasteiger partial charge in [-0.1, -0.05) is 26.2 Å². The van der Waals surface area contributed by atoms with Crippen LogP contribution in [0.2, 0.25) is 0 Å². The van der Waals surface area contributed by atoms with Crippen molar-refractivity contribution in [3.63, 3.8) is 0 Å². The Morgan fingerprint density at radius 3 is 2.07 bits per heavy atom. The van der Waals surface area contributed by atoms with Gasteiger partial charge in [0.25, 0.3) is 0 Å². The van der Waals surface area contributed by atoms with Crippen LogP contribution in [0.4, 0.5) is 0 Å². The van der Waals surface area contributed by atoms with Crippen LogP contribution >= 0.6 is 34.0 Å². The first kappa shape index (κ1) is 31.3. The number of unbranched alkanes of at least 4 members (excludes halogenated alkanes) is 9. The predicted octanol–water partition coefficient (Wildman–Crippen LogP) is 10.3. The van der Waals surface area contributed by atoms with Gasteiger partial charge in [0, 0.05) is 0 Å². The molecule has 0 aliphatic heterocycles. The molecule has 41 heavy (non-hydrogen) atoms. The van der Waals surface area contributed by atoms with Crippen molar-refractivity contribution in [3.05, 3.63) is 70.4 Å². The first-order valence-corrected chi connectivity index (χ1v) is 21.0. The molecule has 7 heteroatoms. The van der Waals surface area contributed by atoms with Crippen molar-refractivity contribution in [1.82, 2.24) is 0 Å². The van der Waals surface area contributed by atoms with Crippen LogP contribution in [0.3, 0.4) is 0 Å². The molecule has 0 aromatic carbocycles. The fraction of sp³-hybridized carbons (Fsp3) is 0.441. The fourth-order valence-corrected chi connectivity index (χ4v) is 13.7. The summed E-state index contributed by atoms with van der Waals surface area (Å²) in [5.41, 5.74) is 0.893. The van der Waals surface area contributed by atoms with Gasteiger partial charge in [-0.25, -0.2) is 0 Å². The van der Waals surface area contributed by atoms with Gasteiger partial charge in [-0.2, -0.15) is 0 Å². The fourth-order valence-electron chi connectivity index (χ4n) is 5.29. The van der Waals surface area contributed by atoms with Crippen molar-refractivity contribution in [2.75, 3.05) is 7.11 Å². The second kappa shape index (κ2) is 16.1. The molecule has 0 radical (unpaired) electrons. The number of fused-ring (bicyclic) bond motifs is 1. The summed E-state index contributed by atoms with van der Waals surface area (Å²) in [7, 11) is 1.82. The molecule has 0 spiro atoms. The van der Waals surface area contributed by atoms with E-state index in [4.69, 9.17) is 4.74 Å². The monoisotopic (exact) mass is 736 g/mol. The normalized spacial score (nSPS) is 11.6. The topological polar surface area (TPSA) is 26.3 Å². The van der Waals surface area contributed by atoms with Crippen LogP contribution < -0.4 is 4.74 Å². The van der Waals surface area contributed by atoms with E-state index >= 15 is 0 Å². The van der Waals surface area contributed by atoms with Crippen LogP contribution in [0.1, 0.15) is 105 Å². The molecular formula is C34H40O2S3Se2. The van der Waals surface area contributed by atoms with Crippen molar-refractivity contribution < 1.29 is 9.53 Å². The van der Waals surface area contributed by atoms with Gasteiger partial charge in [0.1, 0.15) is 0 Å². The zero-order valence-corrected chi connectivity index (χ0v) is 30.0. The zero-order chi connectivity index (χ0) is 28.4. The van der Waals surface area contributed by atoms with E-state index in [-0.39, 0.29) is 0 Å². The number of thiophene rings is 3. The molecule has 0 N–H and O–H groups in total. The summed E-state index contributed by atoms with van der Waals surface area (Å²) in [6, 6.07) is 13.7. The molecular weight excluding hydrogens is 694 g/mol. The Labute approximate surface area is 269 Å². The maximum atomic E-state index is 11.3. The van der Waals surface area contributed by atoms with Crippen molar-refractivity contribution in [2.45, 2.75) is 90.4 Å². The summed E-state index contributed by atoms with van der Waals surface area (Å²) in [5.74, 6) is 1.08. The number of aldehydes is 1. The Hall–Kier alpha value is -1.17. The second-order valence-electron chi connectivity index (χ2n) is 10.7. The Bertz CT molecular complexity index is 1480. The number of aryl methyl sites for hydroxylation is 1. The van der Waals surface area contributed by atoms with Crippen LogP contribution in [0.5, 0.6) is 5.75 Å². The van der Waals surface area contributed by atoms with Crippen molar-refractivity contribution >= 4 is 78.7 Å². The summed E-state index contributed by atoms with van der Waals surface area (Å²) < 4.78 is 12.8. The Kier molecular flexibility index (Phi) is 12.2. The van der Waals surface area contributed by atoms with E-state index in [1.165, 1.54) is 113 Å². The van der Waals surface area contributed by atoms with Crippen LogP contribution in [0.25, 0.3) is 18.7 Å². The van der Waals surface area contributed by atoms with E-state index in [9.17, 15) is 4.79 Å². The standard InChI is InChI=1S/C34H40O2S3Se2/c1-3-4-5-6-7-8-9-10-11-12-13-25-14-15-29(37-25)34-22-28(36-2)33(41-34)21-27-19-31-30(39-27)18-26(38-31)20-32-24(23-35)16-17-40-32/h14-19,22-23H,3-13,20-21H2,1-2H3. The van der Waals surface area contributed by atoms with Crippen molar-refractivity contribution in [3.8, 4) is 15.1 Å². The third-order valence-electron chi connectivity index (χ3n) is 7.56. The Morgan fingerprint density at radius 2 is 1.41 bits per heavy atom. The molecule has 2 nitrogen and oxygen atoms in total. The van der Waals surface area contributed by atoms with E-state index in [1.54, 1.807) is 0 Å². The molecule has 0 aliphatic carbocycles. The molecule has 0 atom stereocenters. The van der Waals surface area contributed by atoms with Crippen LogP contribution in [-0.4, -0.2) is 42.4 Å². The molecule has 5 rings (SSSR count). The molecule has 218 valence electrons. The van der Waals surface area contributed by atoms with Crippen molar-refractivity contribution in [1.29, 1.82) is 0 Å². The van der Waals surface area contributed by atoms with E-state index in [0.29, 0.717) is 29.0 Å². The SMILES string of the molecule is CCCCCCCCCCCCc1ccc(-c2cc(OC)c(Cc3cc4sc(Cc5[se]ccc5C=O)cc4s3)[se]2)s1. The number of hydrogen-bond donors (Lipinski definition) is 0. The maximum absolute atomic E-state index is 11.3. The summed E-state index contributed by atoms with van der Waals surface area (Å²) in [6.45, 7) is 2.29. The number of ether oxygens (including phenoxy) is 1. The molecule has 0 saturated carbocycles. The van der Waals surface area contributed by atoms with E-state index in [2.05, 4.69) is 42.2 Å². The van der Waals surface area contributed by atoms with Gasteiger partial charge in [0.2, 0.25) is 0 Å². The third kappa shape index (κ3) is 8.69. The molecule has 0 aliphatic rings. The molecule has 5 aromatic rings. The van der Waals surface area contributed by atoms with Crippen LogP contribution in [-0.2, 0) is 19.3 Å². The van der Waals surface area contributed by atoms with Gasteiger partial charge in [-0.3, -0.25) is 0 Å². The quantitative estimate of drug-likeness (QED) is 0.0509. The van der Waals surface area contributed by atoms with Crippen molar-refractivity contribution in [2.24, 2.45) is 0 Å². The van der Waals surface area contributed by atoms with Gasteiger partial charge in [0.15, 0.2) is 0 Å². The van der Waals surface area contributed by atoms with E-state index in [1.807, 2.05) is 47.2 Å². The molecule has 5 aromatic heterocycles. The third-order valence-corrected chi connectivity index (χ3v) is 15.7. The van der Waals surface area contributed by atoms with E-state index in [0.717, 1.165) is 30.4 Å². The van der Waals surface area contributed by atoms with Gasteiger partial charge >= 0.3 is 245 Å². The number of carbonyl (C=O) groups is 1. The molecule has 0 amide bonds. The zero-order valence-electron chi connectivity index (χ0n) is 24.2. The summed E-state index contributed by atoms with van der Waals surface area (Å²) in [4.78, 5) is 19.2. The molecule has 0 fully saturated rings. The summed E-state index contributed by atoms with van der Waals surface area (Å²) in [6.07, 6.45) is 18.1. The predicted molar refractivity (Wildman–Crippen MR) is 183 cm³/mol. The van der Waals surface area contributed by atoms with E-state index < -0.39 is 0 Å². The number of methoxy groups -OCH3 is 1. The first-order valence-electron chi connectivity index (χ1n) is 14.9. The summed E-state index contributed by atoms with van der Waals surface area (Å²) in [5, 5.41) is 0.